The maximum atomic E-state index is 12.4. The summed E-state index contributed by atoms with van der Waals surface area (Å²) < 4.78 is 6.79. The summed E-state index contributed by atoms with van der Waals surface area (Å²) in [4.78, 5) is 16.8. The summed E-state index contributed by atoms with van der Waals surface area (Å²) in [5, 5.41) is 7.11. The van der Waals surface area contributed by atoms with Crippen LogP contribution in [-0.4, -0.2) is 20.5 Å². The molecule has 0 fully saturated rings. The van der Waals surface area contributed by atoms with E-state index in [-0.39, 0.29) is 11.9 Å². The number of furan rings is 1. The van der Waals surface area contributed by atoms with Gasteiger partial charge in [0.15, 0.2) is 5.65 Å². The van der Waals surface area contributed by atoms with E-state index in [0.717, 1.165) is 16.8 Å². The van der Waals surface area contributed by atoms with E-state index in [0.29, 0.717) is 17.8 Å². The lowest BCUT2D eigenvalue weighted by Crippen LogP contribution is -2.13. The number of carbonyl (C=O) groups excluding carboxylic acids is 1. The summed E-state index contributed by atoms with van der Waals surface area (Å²) in [6, 6.07) is 14.6. The molecule has 7 heteroatoms. The van der Waals surface area contributed by atoms with E-state index in [1.165, 1.54) is 0 Å². The molecule has 0 saturated heterocycles. The van der Waals surface area contributed by atoms with Crippen LogP contribution in [0.1, 0.15) is 15.9 Å². The van der Waals surface area contributed by atoms with Gasteiger partial charge in [0, 0.05) is 17.7 Å². The van der Waals surface area contributed by atoms with Gasteiger partial charge in [-0.05, 0) is 35.9 Å². The van der Waals surface area contributed by atoms with Gasteiger partial charge in [-0.1, -0.05) is 18.2 Å². The molecule has 0 aliphatic heterocycles. The average molecular weight is 333 g/mol. The third-order valence-electron chi connectivity index (χ3n) is 3.83. The van der Waals surface area contributed by atoms with Gasteiger partial charge in [-0.3, -0.25) is 10.1 Å². The second-order valence-corrected chi connectivity index (χ2v) is 5.49. The van der Waals surface area contributed by atoms with Gasteiger partial charge in [-0.2, -0.15) is 4.98 Å². The maximum Gasteiger partial charge on any atom is 0.258 e. The first-order chi connectivity index (χ1) is 12.2. The van der Waals surface area contributed by atoms with Crippen molar-refractivity contribution in [3.05, 3.63) is 72.2 Å². The van der Waals surface area contributed by atoms with Crippen LogP contribution in [0.15, 0.2) is 65.5 Å². The number of benzene rings is 1. The van der Waals surface area contributed by atoms with Gasteiger partial charge in [-0.25, -0.2) is 4.52 Å². The molecule has 0 radical (unpaired) electrons. The highest BCUT2D eigenvalue weighted by Crippen LogP contribution is 2.21. The summed E-state index contributed by atoms with van der Waals surface area (Å²) in [7, 11) is 0. The molecule has 4 aromatic rings. The number of hydrogen-bond acceptors (Lipinski definition) is 5. The van der Waals surface area contributed by atoms with Crippen molar-refractivity contribution in [2.24, 2.45) is 5.73 Å². The number of nitrogens with two attached hydrogens (primary N) is 1. The quantitative estimate of drug-likeness (QED) is 0.598. The molecule has 124 valence electrons. The fraction of sp³-hybridized carbons (Fsp3) is 0.0556. The molecule has 0 saturated carbocycles. The Balaban J connectivity index is 1.66. The Morgan fingerprint density at radius 2 is 2.08 bits per heavy atom. The van der Waals surface area contributed by atoms with E-state index in [1.54, 1.807) is 35.2 Å². The number of anilines is 1. The zero-order valence-electron chi connectivity index (χ0n) is 13.2. The normalized spacial score (nSPS) is 10.9. The number of carbonyl (C=O) groups is 1. The molecule has 3 N–H and O–H groups in total. The zero-order valence-corrected chi connectivity index (χ0v) is 13.2. The molecule has 1 aromatic carbocycles. The zero-order chi connectivity index (χ0) is 17.2. The summed E-state index contributed by atoms with van der Waals surface area (Å²) in [5.74, 6) is -0.0461. The molecule has 25 heavy (non-hydrogen) atoms. The highest BCUT2D eigenvalue weighted by Gasteiger charge is 2.13. The first kappa shape index (κ1) is 15.1. The van der Waals surface area contributed by atoms with Crippen molar-refractivity contribution in [1.29, 1.82) is 0 Å². The monoisotopic (exact) mass is 333 g/mol. The molecule has 1 amide bonds. The summed E-state index contributed by atoms with van der Waals surface area (Å²) in [6.07, 6.45) is 3.23. The summed E-state index contributed by atoms with van der Waals surface area (Å²) in [5.41, 5.74) is 9.35. The SMILES string of the molecule is NCc1cccc(C(=O)Nc2nc3cccc(-c4ccoc4)n3n2)c1. The Labute approximate surface area is 143 Å². The van der Waals surface area contributed by atoms with Crippen molar-refractivity contribution >= 4 is 17.5 Å². The fourth-order valence-corrected chi connectivity index (χ4v) is 2.60. The topological polar surface area (TPSA) is 98.5 Å². The van der Waals surface area contributed by atoms with Crippen LogP contribution < -0.4 is 11.1 Å². The van der Waals surface area contributed by atoms with Gasteiger partial charge < -0.3 is 10.2 Å². The predicted octanol–water partition coefficient (Wildman–Crippen LogP) is 2.70. The first-order valence-electron chi connectivity index (χ1n) is 7.73. The number of pyridine rings is 1. The van der Waals surface area contributed by atoms with Crippen molar-refractivity contribution in [3.8, 4) is 11.3 Å². The lowest BCUT2D eigenvalue weighted by atomic mass is 10.1. The van der Waals surface area contributed by atoms with E-state index >= 15 is 0 Å². The Morgan fingerprint density at radius 1 is 1.20 bits per heavy atom. The van der Waals surface area contributed by atoms with Crippen LogP contribution in [0.25, 0.3) is 16.9 Å². The summed E-state index contributed by atoms with van der Waals surface area (Å²) in [6.45, 7) is 0.377. The third-order valence-corrected chi connectivity index (χ3v) is 3.83. The minimum Gasteiger partial charge on any atom is -0.472 e. The number of aromatic nitrogens is 3. The number of nitrogens with zero attached hydrogens (tertiary/aromatic N) is 3. The van der Waals surface area contributed by atoms with Gasteiger partial charge in [-0.15, -0.1) is 5.10 Å². The molecule has 0 atom stereocenters. The second kappa shape index (κ2) is 6.21. The smallest absolute Gasteiger partial charge is 0.258 e. The van der Waals surface area contributed by atoms with Crippen LogP contribution in [-0.2, 0) is 6.54 Å². The molecule has 0 spiro atoms. The molecular weight excluding hydrogens is 318 g/mol. The van der Waals surface area contributed by atoms with Gasteiger partial charge in [0.2, 0.25) is 5.95 Å². The Kier molecular flexibility index (Phi) is 3.75. The van der Waals surface area contributed by atoms with Gasteiger partial charge >= 0.3 is 0 Å². The second-order valence-electron chi connectivity index (χ2n) is 5.49. The largest absolute Gasteiger partial charge is 0.472 e. The van der Waals surface area contributed by atoms with Crippen LogP contribution in [0.4, 0.5) is 5.95 Å². The molecule has 3 heterocycles. The van der Waals surface area contributed by atoms with E-state index < -0.39 is 0 Å². The molecule has 0 bridgehead atoms. The van der Waals surface area contributed by atoms with E-state index in [9.17, 15) is 4.79 Å². The lowest BCUT2D eigenvalue weighted by Gasteiger charge is -2.03. The number of nitrogens with one attached hydrogen (secondary N) is 1. The van der Waals surface area contributed by atoms with Crippen molar-refractivity contribution in [2.45, 2.75) is 6.54 Å². The van der Waals surface area contributed by atoms with E-state index in [2.05, 4.69) is 15.4 Å². The molecule has 0 unspecified atom stereocenters. The van der Waals surface area contributed by atoms with Crippen LogP contribution in [0.5, 0.6) is 0 Å². The van der Waals surface area contributed by atoms with Crippen LogP contribution in [0.3, 0.4) is 0 Å². The van der Waals surface area contributed by atoms with Crippen LogP contribution >= 0.6 is 0 Å². The molecule has 3 aromatic heterocycles. The predicted molar refractivity (Wildman–Crippen MR) is 93.0 cm³/mol. The van der Waals surface area contributed by atoms with Gasteiger partial charge in [0.1, 0.15) is 0 Å². The number of hydrogen-bond donors (Lipinski definition) is 2. The number of amides is 1. The fourth-order valence-electron chi connectivity index (χ4n) is 2.60. The van der Waals surface area contributed by atoms with Gasteiger partial charge in [0.25, 0.3) is 5.91 Å². The molecule has 4 rings (SSSR count). The average Bonchev–Trinajstić information content (AvgIpc) is 3.30. The lowest BCUT2D eigenvalue weighted by molar-refractivity contribution is 0.102. The number of fused-ring (bicyclic) bond motifs is 1. The van der Waals surface area contributed by atoms with Gasteiger partial charge in [0.05, 0.1) is 18.2 Å². The maximum absolute atomic E-state index is 12.4. The standard InChI is InChI=1S/C18H15N5O2/c19-10-12-3-1-4-13(9-12)17(24)21-18-20-16-6-2-5-15(23(16)22-18)14-7-8-25-11-14/h1-9,11H,10,19H2,(H,21,22,24). The third kappa shape index (κ3) is 2.88. The molecule has 0 aliphatic rings. The summed E-state index contributed by atoms with van der Waals surface area (Å²) >= 11 is 0. The minimum absolute atomic E-state index is 0.235. The van der Waals surface area contributed by atoms with E-state index in [1.807, 2.05) is 30.3 Å². The van der Waals surface area contributed by atoms with Crippen molar-refractivity contribution < 1.29 is 9.21 Å². The first-order valence-corrected chi connectivity index (χ1v) is 7.73. The van der Waals surface area contributed by atoms with Crippen molar-refractivity contribution in [1.82, 2.24) is 14.6 Å². The van der Waals surface area contributed by atoms with E-state index in [4.69, 9.17) is 10.2 Å². The Bertz CT molecular complexity index is 1040. The van der Waals surface area contributed by atoms with Crippen molar-refractivity contribution in [2.75, 3.05) is 5.32 Å². The van der Waals surface area contributed by atoms with Crippen LogP contribution in [0.2, 0.25) is 0 Å². The molecule has 7 nitrogen and oxygen atoms in total. The Hall–Kier alpha value is -3.45. The number of rotatable bonds is 4. The highest BCUT2D eigenvalue weighted by molar-refractivity contribution is 6.03. The highest BCUT2D eigenvalue weighted by atomic mass is 16.3. The molecular formula is C18H15N5O2. The Morgan fingerprint density at radius 3 is 2.88 bits per heavy atom. The minimum atomic E-state index is -0.281. The van der Waals surface area contributed by atoms with Crippen molar-refractivity contribution in [3.63, 3.8) is 0 Å². The van der Waals surface area contributed by atoms with Crippen LogP contribution in [0, 0.1) is 0 Å². The molecule has 0 aliphatic carbocycles.